The Morgan fingerprint density at radius 1 is 1.24 bits per heavy atom. The predicted octanol–water partition coefficient (Wildman–Crippen LogP) is 3.10. The molecule has 4 nitrogen and oxygen atoms in total. The van der Waals surface area contributed by atoms with E-state index in [9.17, 15) is 4.79 Å². The van der Waals surface area contributed by atoms with Crippen molar-refractivity contribution in [3.05, 3.63) is 60.1 Å². The Morgan fingerprint density at radius 2 is 2.00 bits per heavy atom. The van der Waals surface area contributed by atoms with E-state index in [0.29, 0.717) is 6.61 Å². The molecule has 0 amide bonds. The number of esters is 1. The maximum Gasteiger partial charge on any atom is 0.327 e. The molecule has 0 spiro atoms. The lowest BCUT2D eigenvalue weighted by atomic mass is 10.0. The molecule has 1 N–H and O–H groups in total. The first-order valence-corrected chi connectivity index (χ1v) is 7.20. The summed E-state index contributed by atoms with van der Waals surface area (Å²) in [6.45, 7) is 4.21. The van der Waals surface area contributed by atoms with Crippen molar-refractivity contribution >= 4 is 5.97 Å². The number of nitrogens with one attached hydrogen (secondary N) is 1. The summed E-state index contributed by atoms with van der Waals surface area (Å²) in [6, 6.07) is 13.0. The smallest absolute Gasteiger partial charge is 0.327 e. The van der Waals surface area contributed by atoms with Gasteiger partial charge >= 0.3 is 5.97 Å². The second-order valence-corrected chi connectivity index (χ2v) is 4.95. The van der Waals surface area contributed by atoms with Crippen LogP contribution in [0, 0.1) is 0 Å². The molecule has 2 unspecified atom stereocenters. The minimum absolute atomic E-state index is 0.0887. The molecule has 0 aliphatic carbocycles. The molecule has 2 rings (SSSR count). The highest BCUT2D eigenvalue weighted by Crippen LogP contribution is 2.16. The SMILES string of the molecule is CCOC(=O)C(NC(C)Cc1ccco1)c1ccccc1. The van der Waals surface area contributed by atoms with Crippen molar-refractivity contribution < 1.29 is 13.9 Å². The highest BCUT2D eigenvalue weighted by atomic mass is 16.5. The Hall–Kier alpha value is -2.07. The van der Waals surface area contributed by atoms with E-state index in [1.807, 2.05) is 56.3 Å². The van der Waals surface area contributed by atoms with Crippen LogP contribution in [-0.2, 0) is 16.0 Å². The summed E-state index contributed by atoms with van der Waals surface area (Å²) in [5.74, 6) is 0.640. The molecule has 0 aliphatic rings. The monoisotopic (exact) mass is 287 g/mol. The van der Waals surface area contributed by atoms with Crippen molar-refractivity contribution in [2.24, 2.45) is 0 Å². The molecule has 2 aromatic rings. The molecular formula is C17H21NO3. The van der Waals surface area contributed by atoms with Crippen LogP contribution < -0.4 is 5.32 Å². The fourth-order valence-corrected chi connectivity index (χ4v) is 2.25. The summed E-state index contributed by atoms with van der Waals surface area (Å²) in [4.78, 5) is 12.2. The lowest BCUT2D eigenvalue weighted by Crippen LogP contribution is -2.37. The van der Waals surface area contributed by atoms with Crippen LogP contribution in [0.2, 0.25) is 0 Å². The summed E-state index contributed by atoms with van der Waals surface area (Å²) in [6.07, 6.45) is 2.37. The van der Waals surface area contributed by atoms with Crippen molar-refractivity contribution in [1.29, 1.82) is 0 Å². The van der Waals surface area contributed by atoms with E-state index in [1.54, 1.807) is 6.26 Å². The first kappa shape index (κ1) is 15.3. The van der Waals surface area contributed by atoms with Gasteiger partial charge in [-0.1, -0.05) is 30.3 Å². The van der Waals surface area contributed by atoms with Crippen molar-refractivity contribution in [2.75, 3.05) is 6.61 Å². The van der Waals surface area contributed by atoms with Crippen LogP contribution in [-0.4, -0.2) is 18.6 Å². The van der Waals surface area contributed by atoms with Gasteiger partial charge in [-0.05, 0) is 31.5 Å². The molecule has 1 aromatic heterocycles. The third kappa shape index (κ3) is 4.46. The number of benzene rings is 1. The van der Waals surface area contributed by atoms with Gasteiger partial charge in [0.15, 0.2) is 0 Å². The van der Waals surface area contributed by atoms with E-state index in [1.165, 1.54) is 0 Å². The van der Waals surface area contributed by atoms with Crippen molar-refractivity contribution in [3.63, 3.8) is 0 Å². The highest BCUT2D eigenvalue weighted by molar-refractivity contribution is 5.77. The van der Waals surface area contributed by atoms with Gasteiger partial charge in [-0.25, -0.2) is 4.79 Å². The van der Waals surface area contributed by atoms with E-state index in [2.05, 4.69) is 5.32 Å². The molecule has 112 valence electrons. The molecule has 0 saturated heterocycles. The average Bonchev–Trinajstić information content (AvgIpc) is 2.98. The Kier molecular flexibility index (Phi) is 5.58. The summed E-state index contributed by atoms with van der Waals surface area (Å²) in [5, 5.41) is 3.32. The predicted molar refractivity (Wildman–Crippen MR) is 80.8 cm³/mol. The summed E-state index contributed by atoms with van der Waals surface area (Å²) in [7, 11) is 0. The zero-order valence-electron chi connectivity index (χ0n) is 12.4. The van der Waals surface area contributed by atoms with Crippen LogP contribution in [0.25, 0.3) is 0 Å². The fourth-order valence-electron chi connectivity index (χ4n) is 2.25. The normalized spacial score (nSPS) is 13.6. The van der Waals surface area contributed by atoms with E-state index >= 15 is 0 Å². The second-order valence-electron chi connectivity index (χ2n) is 4.95. The Labute approximate surface area is 125 Å². The first-order chi connectivity index (χ1) is 10.2. The molecule has 1 heterocycles. The standard InChI is InChI=1S/C17H21NO3/c1-3-20-17(19)16(14-8-5-4-6-9-14)18-13(2)12-15-10-7-11-21-15/h4-11,13,16,18H,3,12H2,1-2H3. The van der Waals surface area contributed by atoms with Crippen LogP contribution in [0.3, 0.4) is 0 Å². The Bertz CT molecular complexity index is 536. The lowest BCUT2D eigenvalue weighted by molar-refractivity contribution is -0.146. The molecule has 1 aromatic carbocycles. The molecule has 0 bridgehead atoms. The van der Waals surface area contributed by atoms with Gasteiger partial charge in [0.05, 0.1) is 12.9 Å². The summed E-state index contributed by atoms with van der Waals surface area (Å²) >= 11 is 0. The van der Waals surface area contributed by atoms with Gasteiger partial charge in [0.1, 0.15) is 11.8 Å². The van der Waals surface area contributed by atoms with Gasteiger partial charge in [-0.3, -0.25) is 5.32 Å². The van der Waals surface area contributed by atoms with Crippen LogP contribution >= 0.6 is 0 Å². The van der Waals surface area contributed by atoms with E-state index in [-0.39, 0.29) is 12.0 Å². The van der Waals surface area contributed by atoms with Crippen LogP contribution in [0.15, 0.2) is 53.1 Å². The van der Waals surface area contributed by atoms with Gasteiger partial charge in [0.25, 0.3) is 0 Å². The zero-order valence-corrected chi connectivity index (χ0v) is 12.4. The Morgan fingerprint density at radius 3 is 2.62 bits per heavy atom. The number of furan rings is 1. The van der Waals surface area contributed by atoms with Crippen LogP contribution in [0.4, 0.5) is 0 Å². The van der Waals surface area contributed by atoms with Gasteiger partial charge in [0.2, 0.25) is 0 Å². The number of carbonyl (C=O) groups excluding carboxylic acids is 1. The third-order valence-electron chi connectivity index (χ3n) is 3.19. The van der Waals surface area contributed by atoms with Crippen LogP contribution in [0.1, 0.15) is 31.2 Å². The minimum Gasteiger partial charge on any atom is -0.469 e. The number of hydrogen-bond donors (Lipinski definition) is 1. The maximum atomic E-state index is 12.2. The molecule has 4 heteroatoms. The largest absolute Gasteiger partial charge is 0.469 e. The molecule has 0 radical (unpaired) electrons. The zero-order chi connectivity index (χ0) is 15.1. The number of carbonyl (C=O) groups is 1. The second kappa shape index (κ2) is 7.64. The number of ether oxygens (including phenoxy) is 1. The number of hydrogen-bond acceptors (Lipinski definition) is 4. The fraction of sp³-hybridized carbons (Fsp3) is 0.353. The maximum absolute atomic E-state index is 12.2. The average molecular weight is 287 g/mol. The molecule has 2 atom stereocenters. The van der Waals surface area contributed by atoms with Gasteiger partial charge < -0.3 is 9.15 Å². The molecule has 21 heavy (non-hydrogen) atoms. The van der Waals surface area contributed by atoms with E-state index in [4.69, 9.17) is 9.15 Å². The van der Waals surface area contributed by atoms with Crippen LogP contribution in [0.5, 0.6) is 0 Å². The van der Waals surface area contributed by atoms with Crippen molar-refractivity contribution in [3.8, 4) is 0 Å². The molecule has 0 fully saturated rings. The van der Waals surface area contributed by atoms with E-state index in [0.717, 1.165) is 17.7 Å². The highest BCUT2D eigenvalue weighted by Gasteiger charge is 2.23. The summed E-state index contributed by atoms with van der Waals surface area (Å²) in [5.41, 5.74) is 0.905. The lowest BCUT2D eigenvalue weighted by Gasteiger charge is -2.21. The van der Waals surface area contributed by atoms with Gasteiger partial charge in [-0.15, -0.1) is 0 Å². The van der Waals surface area contributed by atoms with Crippen molar-refractivity contribution in [1.82, 2.24) is 5.32 Å². The number of rotatable bonds is 7. The summed E-state index contributed by atoms with van der Waals surface area (Å²) < 4.78 is 10.5. The molecular weight excluding hydrogens is 266 g/mol. The third-order valence-corrected chi connectivity index (χ3v) is 3.19. The molecule has 0 saturated carbocycles. The van der Waals surface area contributed by atoms with Crippen molar-refractivity contribution in [2.45, 2.75) is 32.4 Å². The van der Waals surface area contributed by atoms with Gasteiger partial charge in [-0.2, -0.15) is 0 Å². The topological polar surface area (TPSA) is 51.5 Å². The minimum atomic E-state index is -0.462. The quantitative estimate of drug-likeness (QED) is 0.795. The Balaban J connectivity index is 2.06. The first-order valence-electron chi connectivity index (χ1n) is 7.20. The van der Waals surface area contributed by atoms with Gasteiger partial charge in [0, 0.05) is 12.5 Å². The van der Waals surface area contributed by atoms with E-state index < -0.39 is 6.04 Å². The molecule has 0 aliphatic heterocycles.